The lowest BCUT2D eigenvalue weighted by molar-refractivity contribution is 0.573. The number of nitriles is 1. The van der Waals surface area contributed by atoms with Crippen molar-refractivity contribution in [1.82, 2.24) is 0 Å². The van der Waals surface area contributed by atoms with Gasteiger partial charge in [0.25, 0.3) is 0 Å². The summed E-state index contributed by atoms with van der Waals surface area (Å²) >= 11 is 3.36. The molecule has 0 radical (unpaired) electrons. The first kappa shape index (κ1) is 12.4. The second kappa shape index (κ2) is 4.31. The van der Waals surface area contributed by atoms with E-state index < -0.39 is 9.84 Å². The molecule has 1 aliphatic rings. The third-order valence-electron chi connectivity index (χ3n) is 2.92. The van der Waals surface area contributed by atoms with Gasteiger partial charge in [0.1, 0.15) is 0 Å². The van der Waals surface area contributed by atoms with Gasteiger partial charge in [0.2, 0.25) is 0 Å². The van der Waals surface area contributed by atoms with Gasteiger partial charge >= 0.3 is 0 Å². The standard InChI is InChI=1S/C11H11BrN2O2S/c1-14-8(5-6-13)7-17(15,16)10-4-2-3-9(12)11(10)14/h2-4,8H,5,7H2,1H3. The molecular weight excluding hydrogens is 304 g/mol. The largest absolute Gasteiger partial charge is 0.368 e. The van der Waals surface area contributed by atoms with Crippen molar-refractivity contribution in [3.8, 4) is 6.07 Å². The highest BCUT2D eigenvalue weighted by Gasteiger charge is 2.34. The van der Waals surface area contributed by atoms with Crippen molar-refractivity contribution in [3.05, 3.63) is 22.7 Å². The predicted molar refractivity (Wildman–Crippen MR) is 68.6 cm³/mol. The van der Waals surface area contributed by atoms with Gasteiger partial charge in [-0.1, -0.05) is 6.07 Å². The van der Waals surface area contributed by atoms with Crippen LogP contribution in [0.4, 0.5) is 5.69 Å². The van der Waals surface area contributed by atoms with Gasteiger partial charge in [-0.25, -0.2) is 8.42 Å². The number of fused-ring (bicyclic) bond motifs is 1. The Morgan fingerprint density at radius 3 is 2.94 bits per heavy atom. The van der Waals surface area contributed by atoms with E-state index in [0.717, 1.165) is 4.47 Å². The van der Waals surface area contributed by atoms with Crippen LogP contribution in [0.5, 0.6) is 0 Å². The summed E-state index contributed by atoms with van der Waals surface area (Å²) in [6.07, 6.45) is 0.205. The lowest BCUT2D eigenvalue weighted by atomic mass is 10.2. The van der Waals surface area contributed by atoms with E-state index in [1.165, 1.54) is 0 Å². The number of anilines is 1. The molecule has 0 bridgehead atoms. The molecule has 0 saturated heterocycles. The lowest BCUT2D eigenvalue weighted by Crippen LogP contribution is -2.42. The maximum Gasteiger partial charge on any atom is 0.182 e. The van der Waals surface area contributed by atoms with Crippen molar-refractivity contribution in [2.75, 3.05) is 17.7 Å². The fraction of sp³-hybridized carbons (Fsp3) is 0.364. The van der Waals surface area contributed by atoms with Gasteiger partial charge in [0, 0.05) is 11.5 Å². The normalized spacial score (nSPS) is 21.7. The number of rotatable bonds is 1. The van der Waals surface area contributed by atoms with Crippen molar-refractivity contribution in [1.29, 1.82) is 5.26 Å². The summed E-state index contributed by atoms with van der Waals surface area (Å²) in [5.74, 6) is 0.000509. The first-order valence-electron chi connectivity index (χ1n) is 5.08. The molecule has 1 atom stereocenters. The Morgan fingerprint density at radius 2 is 2.29 bits per heavy atom. The van der Waals surface area contributed by atoms with E-state index in [9.17, 15) is 8.42 Å². The molecule has 1 aromatic carbocycles. The summed E-state index contributed by atoms with van der Waals surface area (Å²) in [7, 11) is -1.47. The van der Waals surface area contributed by atoms with Gasteiger partial charge in [-0.15, -0.1) is 0 Å². The zero-order valence-electron chi connectivity index (χ0n) is 9.22. The first-order valence-corrected chi connectivity index (χ1v) is 7.53. The Bertz CT molecular complexity index is 592. The summed E-state index contributed by atoms with van der Waals surface area (Å²) in [5, 5.41) is 8.74. The van der Waals surface area contributed by atoms with Crippen LogP contribution in [0.15, 0.2) is 27.6 Å². The van der Waals surface area contributed by atoms with Crippen molar-refractivity contribution >= 4 is 31.5 Å². The number of hydrogen-bond donors (Lipinski definition) is 0. The van der Waals surface area contributed by atoms with Crippen molar-refractivity contribution in [2.45, 2.75) is 17.4 Å². The zero-order chi connectivity index (χ0) is 12.6. The van der Waals surface area contributed by atoms with Crippen molar-refractivity contribution in [2.24, 2.45) is 0 Å². The average Bonchev–Trinajstić information content (AvgIpc) is 2.25. The van der Waals surface area contributed by atoms with E-state index in [0.29, 0.717) is 10.6 Å². The van der Waals surface area contributed by atoms with E-state index in [-0.39, 0.29) is 18.2 Å². The van der Waals surface area contributed by atoms with Gasteiger partial charge < -0.3 is 4.90 Å². The van der Waals surface area contributed by atoms with Crippen LogP contribution in [0.25, 0.3) is 0 Å². The Morgan fingerprint density at radius 1 is 1.59 bits per heavy atom. The van der Waals surface area contributed by atoms with E-state index in [1.54, 1.807) is 18.2 Å². The van der Waals surface area contributed by atoms with E-state index >= 15 is 0 Å². The summed E-state index contributed by atoms with van der Waals surface area (Å²) in [4.78, 5) is 2.20. The second-order valence-electron chi connectivity index (χ2n) is 3.99. The van der Waals surface area contributed by atoms with Crippen LogP contribution in [0, 0.1) is 11.3 Å². The van der Waals surface area contributed by atoms with Crippen LogP contribution in [-0.2, 0) is 9.84 Å². The fourth-order valence-corrected chi connectivity index (χ4v) is 4.67. The highest BCUT2D eigenvalue weighted by atomic mass is 79.9. The number of hydrogen-bond acceptors (Lipinski definition) is 4. The monoisotopic (exact) mass is 314 g/mol. The van der Waals surface area contributed by atoms with Crippen molar-refractivity contribution in [3.63, 3.8) is 0 Å². The maximum atomic E-state index is 12.1. The molecule has 6 heteroatoms. The molecule has 1 aliphatic heterocycles. The molecule has 0 aromatic heterocycles. The van der Waals surface area contributed by atoms with Crippen molar-refractivity contribution < 1.29 is 8.42 Å². The Kier molecular flexibility index (Phi) is 3.15. The minimum absolute atomic E-state index is 0.000509. The van der Waals surface area contributed by atoms with Crippen LogP contribution in [-0.4, -0.2) is 27.3 Å². The third-order valence-corrected chi connectivity index (χ3v) is 5.39. The molecule has 0 N–H and O–H groups in total. The molecule has 1 heterocycles. The molecule has 0 saturated carbocycles. The molecule has 1 aromatic rings. The first-order chi connectivity index (χ1) is 7.97. The highest BCUT2D eigenvalue weighted by molar-refractivity contribution is 9.10. The van der Waals surface area contributed by atoms with Gasteiger partial charge in [-0.3, -0.25) is 0 Å². The lowest BCUT2D eigenvalue weighted by Gasteiger charge is -2.35. The van der Waals surface area contributed by atoms with Crippen LogP contribution >= 0.6 is 15.9 Å². The molecule has 1 unspecified atom stereocenters. The van der Waals surface area contributed by atoms with Gasteiger partial charge in [-0.05, 0) is 28.1 Å². The van der Waals surface area contributed by atoms with E-state index in [1.807, 2.05) is 18.0 Å². The number of sulfone groups is 1. The Balaban J connectivity index is 2.63. The quantitative estimate of drug-likeness (QED) is 0.795. The molecule has 2 rings (SSSR count). The average molecular weight is 315 g/mol. The summed E-state index contributed by atoms with van der Waals surface area (Å²) in [6, 6.07) is 6.87. The topological polar surface area (TPSA) is 61.2 Å². The maximum absolute atomic E-state index is 12.1. The third kappa shape index (κ3) is 2.05. The van der Waals surface area contributed by atoms with Crippen LogP contribution in [0.1, 0.15) is 6.42 Å². The predicted octanol–water partition coefficient (Wildman–Crippen LogP) is 1.95. The highest BCUT2D eigenvalue weighted by Crippen LogP contribution is 2.38. The smallest absolute Gasteiger partial charge is 0.182 e. The molecule has 90 valence electrons. The van der Waals surface area contributed by atoms with E-state index in [2.05, 4.69) is 15.9 Å². The SMILES string of the molecule is CN1c2c(Br)cccc2S(=O)(=O)CC1CC#N. The van der Waals surface area contributed by atoms with Gasteiger partial charge in [0.15, 0.2) is 9.84 Å². The second-order valence-corrected chi connectivity index (χ2v) is 6.85. The number of para-hydroxylation sites is 1. The van der Waals surface area contributed by atoms with Crippen LogP contribution in [0.3, 0.4) is 0 Å². The van der Waals surface area contributed by atoms with Gasteiger partial charge in [0.05, 0.1) is 34.9 Å². The summed E-state index contributed by atoms with van der Waals surface area (Å²) in [5.41, 5.74) is 0.652. The fourth-order valence-electron chi connectivity index (χ4n) is 2.03. The van der Waals surface area contributed by atoms with Crippen LogP contribution in [0.2, 0.25) is 0 Å². The Labute approximate surface area is 109 Å². The van der Waals surface area contributed by atoms with Gasteiger partial charge in [-0.2, -0.15) is 5.26 Å². The Hall–Kier alpha value is -1.06. The summed E-state index contributed by atoms with van der Waals surface area (Å²) in [6.45, 7) is 0. The molecule has 0 amide bonds. The molecule has 0 spiro atoms. The minimum Gasteiger partial charge on any atom is -0.368 e. The molecule has 0 fully saturated rings. The molecule has 0 aliphatic carbocycles. The van der Waals surface area contributed by atoms with Crippen LogP contribution < -0.4 is 4.90 Å². The number of nitrogens with zero attached hydrogens (tertiary/aromatic N) is 2. The minimum atomic E-state index is -3.29. The zero-order valence-corrected chi connectivity index (χ0v) is 11.6. The number of halogens is 1. The molecule has 4 nitrogen and oxygen atoms in total. The molecular formula is C11H11BrN2O2S. The molecule has 17 heavy (non-hydrogen) atoms. The number of benzene rings is 1. The summed E-state index contributed by atoms with van der Waals surface area (Å²) < 4.78 is 24.9. The van der Waals surface area contributed by atoms with E-state index in [4.69, 9.17) is 5.26 Å².